The summed E-state index contributed by atoms with van der Waals surface area (Å²) in [7, 11) is 0. The van der Waals surface area contributed by atoms with Gasteiger partial charge in [0, 0.05) is 23.1 Å². The molecule has 1 N–H and O–H groups in total. The van der Waals surface area contributed by atoms with Crippen LogP contribution in [0.2, 0.25) is 0 Å². The molecule has 0 atom stereocenters. The molecular weight excluding hydrogens is 405 g/mol. The standard InChI is InChI=1S/C18H12FN3O6S/c19-12-6-11(2-3-14(12)22(24)25)26-7-17(23)21-18-20-13(8-29-18)10-1-4-15-16(5-10)28-9-27-15/h1-6,8H,7,9H2,(H,20,21,23). The predicted molar refractivity (Wildman–Crippen MR) is 101 cm³/mol. The second-order valence-electron chi connectivity index (χ2n) is 5.81. The molecule has 2 aromatic carbocycles. The molecular formula is C18H12FN3O6S. The topological polar surface area (TPSA) is 113 Å². The number of carbonyl (C=O) groups is 1. The van der Waals surface area contributed by atoms with Crippen LogP contribution >= 0.6 is 11.3 Å². The number of aromatic nitrogens is 1. The summed E-state index contributed by atoms with van der Waals surface area (Å²) in [6.07, 6.45) is 0. The quantitative estimate of drug-likeness (QED) is 0.482. The number of nitrogens with one attached hydrogen (secondary N) is 1. The molecule has 11 heteroatoms. The van der Waals surface area contributed by atoms with E-state index in [4.69, 9.17) is 14.2 Å². The first-order valence-electron chi connectivity index (χ1n) is 8.22. The smallest absolute Gasteiger partial charge is 0.305 e. The fourth-order valence-corrected chi connectivity index (χ4v) is 3.29. The van der Waals surface area contributed by atoms with Crippen molar-refractivity contribution in [2.24, 2.45) is 0 Å². The molecule has 29 heavy (non-hydrogen) atoms. The van der Waals surface area contributed by atoms with Crippen LogP contribution in [0, 0.1) is 15.9 Å². The van der Waals surface area contributed by atoms with Crippen molar-refractivity contribution in [3.63, 3.8) is 0 Å². The van der Waals surface area contributed by atoms with Gasteiger partial charge < -0.3 is 14.2 Å². The van der Waals surface area contributed by atoms with Crippen LogP contribution in [0.4, 0.5) is 15.2 Å². The Hall–Kier alpha value is -3.73. The van der Waals surface area contributed by atoms with Gasteiger partial charge in [-0.15, -0.1) is 11.3 Å². The summed E-state index contributed by atoms with van der Waals surface area (Å²) in [6, 6.07) is 8.46. The van der Waals surface area contributed by atoms with E-state index >= 15 is 0 Å². The molecule has 1 aromatic heterocycles. The van der Waals surface area contributed by atoms with Crippen LogP contribution in [0.15, 0.2) is 41.8 Å². The highest BCUT2D eigenvalue weighted by Crippen LogP contribution is 2.36. The van der Waals surface area contributed by atoms with Gasteiger partial charge in [-0.3, -0.25) is 20.2 Å². The van der Waals surface area contributed by atoms with Gasteiger partial charge in [0.15, 0.2) is 23.2 Å². The molecule has 3 aromatic rings. The van der Waals surface area contributed by atoms with Gasteiger partial charge in [-0.2, -0.15) is 4.39 Å². The number of thiazole rings is 1. The Morgan fingerprint density at radius 1 is 1.28 bits per heavy atom. The molecule has 0 spiro atoms. The van der Waals surface area contributed by atoms with Crippen molar-refractivity contribution < 1.29 is 28.3 Å². The van der Waals surface area contributed by atoms with E-state index in [-0.39, 0.29) is 12.5 Å². The van der Waals surface area contributed by atoms with Gasteiger partial charge in [-0.1, -0.05) is 0 Å². The van der Waals surface area contributed by atoms with Gasteiger partial charge in [0.1, 0.15) is 5.75 Å². The summed E-state index contributed by atoms with van der Waals surface area (Å²) in [5.41, 5.74) is 0.797. The number of nitrogens with zero attached hydrogens (tertiary/aromatic N) is 2. The van der Waals surface area contributed by atoms with E-state index in [1.54, 1.807) is 17.5 Å². The number of anilines is 1. The third-order valence-corrected chi connectivity index (χ3v) is 4.66. The molecule has 0 saturated carbocycles. The van der Waals surface area contributed by atoms with Crippen molar-refractivity contribution >= 4 is 28.1 Å². The molecule has 0 bridgehead atoms. The Bertz CT molecular complexity index is 1100. The molecule has 0 radical (unpaired) electrons. The molecule has 2 heterocycles. The van der Waals surface area contributed by atoms with E-state index in [2.05, 4.69) is 10.3 Å². The van der Waals surface area contributed by atoms with Crippen LogP contribution in [-0.2, 0) is 4.79 Å². The van der Waals surface area contributed by atoms with Gasteiger partial charge in [-0.05, 0) is 24.3 Å². The van der Waals surface area contributed by atoms with Crippen LogP contribution < -0.4 is 19.5 Å². The summed E-state index contributed by atoms with van der Waals surface area (Å²) in [5, 5.41) is 15.3. The lowest BCUT2D eigenvalue weighted by atomic mass is 10.1. The first-order valence-corrected chi connectivity index (χ1v) is 9.10. The van der Waals surface area contributed by atoms with Gasteiger partial charge in [0.25, 0.3) is 5.91 Å². The lowest BCUT2D eigenvalue weighted by molar-refractivity contribution is -0.387. The molecule has 4 rings (SSSR count). The number of nitro groups is 1. The number of ether oxygens (including phenoxy) is 3. The first-order chi connectivity index (χ1) is 14.0. The fourth-order valence-electron chi connectivity index (χ4n) is 2.55. The maximum atomic E-state index is 13.6. The monoisotopic (exact) mass is 417 g/mol. The van der Waals surface area contributed by atoms with E-state index in [0.29, 0.717) is 22.3 Å². The number of benzene rings is 2. The summed E-state index contributed by atoms with van der Waals surface area (Å²) in [6.45, 7) is -0.230. The normalized spacial score (nSPS) is 11.9. The van der Waals surface area contributed by atoms with Crippen LogP contribution in [0.25, 0.3) is 11.3 Å². The van der Waals surface area contributed by atoms with Crippen LogP contribution in [-0.4, -0.2) is 29.2 Å². The van der Waals surface area contributed by atoms with E-state index in [1.165, 1.54) is 17.4 Å². The number of hydrogen-bond acceptors (Lipinski definition) is 8. The molecule has 1 aliphatic heterocycles. The Balaban J connectivity index is 1.36. The molecule has 1 aliphatic rings. The summed E-state index contributed by atoms with van der Waals surface area (Å²) in [5.74, 6) is -0.248. The lowest BCUT2D eigenvalue weighted by Crippen LogP contribution is -2.20. The van der Waals surface area contributed by atoms with Gasteiger partial charge in [-0.25, -0.2) is 4.98 Å². The maximum absolute atomic E-state index is 13.6. The number of amides is 1. The Morgan fingerprint density at radius 2 is 2.10 bits per heavy atom. The summed E-state index contributed by atoms with van der Waals surface area (Å²) in [4.78, 5) is 26.1. The van der Waals surface area contributed by atoms with Crippen molar-refractivity contribution in [1.82, 2.24) is 4.98 Å². The molecule has 148 valence electrons. The average Bonchev–Trinajstić information content (AvgIpc) is 3.34. The largest absolute Gasteiger partial charge is 0.484 e. The number of hydrogen-bond donors (Lipinski definition) is 1. The van der Waals surface area contributed by atoms with Crippen molar-refractivity contribution in [3.05, 3.63) is 57.7 Å². The number of carbonyl (C=O) groups excluding carboxylic acids is 1. The van der Waals surface area contributed by atoms with E-state index in [1.807, 2.05) is 6.07 Å². The zero-order valence-electron chi connectivity index (χ0n) is 14.6. The highest BCUT2D eigenvalue weighted by Gasteiger charge is 2.17. The summed E-state index contributed by atoms with van der Waals surface area (Å²) >= 11 is 1.23. The Kier molecular flexibility index (Phi) is 4.96. The molecule has 0 fully saturated rings. The molecule has 1 amide bonds. The zero-order valence-corrected chi connectivity index (χ0v) is 15.4. The molecule has 9 nitrogen and oxygen atoms in total. The van der Waals surface area contributed by atoms with Crippen LogP contribution in [0.3, 0.4) is 0 Å². The summed E-state index contributed by atoms with van der Waals surface area (Å²) < 4.78 is 29.3. The minimum atomic E-state index is -1.04. The number of rotatable bonds is 6. The van der Waals surface area contributed by atoms with Gasteiger partial charge >= 0.3 is 5.69 Å². The van der Waals surface area contributed by atoms with Crippen molar-refractivity contribution in [2.45, 2.75) is 0 Å². The lowest BCUT2D eigenvalue weighted by Gasteiger charge is -2.06. The van der Waals surface area contributed by atoms with Gasteiger partial charge in [0.05, 0.1) is 10.6 Å². The third-order valence-electron chi connectivity index (χ3n) is 3.90. The number of fused-ring (bicyclic) bond motifs is 1. The third kappa shape index (κ3) is 4.09. The molecule has 0 aliphatic carbocycles. The predicted octanol–water partition coefficient (Wildman–Crippen LogP) is 3.60. The second-order valence-corrected chi connectivity index (χ2v) is 6.67. The van der Waals surface area contributed by atoms with Crippen LogP contribution in [0.5, 0.6) is 17.2 Å². The second kappa shape index (κ2) is 7.72. The average molecular weight is 417 g/mol. The first kappa shape index (κ1) is 18.6. The van der Waals surface area contributed by atoms with E-state index in [9.17, 15) is 19.3 Å². The number of nitro benzene ring substituents is 1. The van der Waals surface area contributed by atoms with E-state index < -0.39 is 28.9 Å². The maximum Gasteiger partial charge on any atom is 0.305 e. The highest BCUT2D eigenvalue weighted by molar-refractivity contribution is 7.14. The molecule has 0 unspecified atom stereocenters. The van der Waals surface area contributed by atoms with Crippen molar-refractivity contribution in [3.8, 4) is 28.5 Å². The zero-order chi connectivity index (χ0) is 20.4. The molecule has 0 saturated heterocycles. The Morgan fingerprint density at radius 3 is 2.90 bits per heavy atom. The fraction of sp³-hybridized carbons (Fsp3) is 0.111. The Labute approximate surface area is 166 Å². The van der Waals surface area contributed by atoms with Crippen LogP contribution in [0.1, 0.15) is 0 Å². The number of halogens is 1. The minimum Gasteiger partial charge on any atom is -0.484 e. The highest BCUT2D eigenvalue weighted by atomic mass is 32.1. The van der Waals surface area contributed by atoms with Gasteiger partial charge in [0.2, 0.25) is 12.6 Å². The van der Waals surface area contributed by atoms with Crippen molar-refractivity contribution in [2.75, 3.05) is 18.7 Å². The minimum absolute atomic E-state index is 0.00318. The SMILES string of the molecule is O=C(COc1ccc([N+](=O)[O-])c(F)c1)Nc1nc(-c2ccc3c(c2)OCO3)cs1. The van der Waals surface area contributed by atoms with E-state index in [0.717, 1.165) is 17.7 Å². The van der Waals surface area contributed by atoms with Crippen molar-refractivity contribution in [1.29, 1.82) is 0 Å².